The molecule has 1 aliphatic heterocycles. The Balaban J connectivity index is 2.86. The highest BCUT2D eigenvalue weighted by Gasteiger charge is 2.33. The third kappa shape index (κ3) is 7.66. The van der Waals surface area contributed by atoms with Gasteiger partial charge in [0.1, 0.15) is 18.1 Å². The van der Waals surface area contributed by atoms with Crippen molar-refractivity contribution in [3.63, 3.8) is 0 Å². The summed E-state index contributed by atoms with van der Waals surface area (Å²) in [6, 6.07) is -4.69. The number of aliphatic hydroxyl groups excluding tert-OH is 1. The van der Waals surface area contributed by atoms with Crippen molar-refractivity contribution in [2.75, 3.05) is 13.2 Å². The van der Waals surface area contributed by atoms with Gasteiger partial charge in [0.2, 0.25) is 17.7 Å². The summed E-state index contributed by atoms with van der Waals surface area (Å²) in [7, 11) is 0. The quantitative estimate of drug-likeness (QED) is 0.189. The molecular weight excluding hydrogens is 388 g/mol. The van der Waals surface area contributed by atoms with E-state index < -0.39 is 72.8 Å². The number of amides is 3. The highest BCUT2D eigenvalue weighted by molar-refractivity contribution is 5.95. The van der Waals surface area contributed by atoms with Crippen LogP contribution in [0, 0.1) is 5.92 Å². The number of aliphatic carboxylic acids is 2. The van der Waals surface area contributed by atoms with Crippen molar-refractivity contribution >= 4 is 29.7 Å². The lowest BCUT2D eigenvalue weighted by atomic mass is 10.0. The average molecular weight is 416 g/mol. The predicted molar refractivity (Wildman–Crippen MR) is 98.6 cm³/mol. The molecule has 164 valence electrons. The van der Waals surface area contributed by atoms with Gasteiger partial charge in [-0.05, 0) is 25.3 Å². The Kier molecular flexibility index (Phi) is 9.48. The molecule has 0 bridgehead atoms. The molecule has 4 unspecified atom stereocenters. The van der Waals surface area contributed by atoms with Gasteiger partial charge in [0.15, 0.2) is 0 Å². The standard InChI is InChI=1S/C17H28N4O8/c1-8(2)13(16(27)20-11(7-22)17(28)29)21-15(26)10(6-12(23)24)19-14(25)9-4-3-5-18-9/h8-11,13,18,22H,3-7H2,1-2H3,(H,19,25)(H,20,27)(H,21,26)(H,23,24)(H,28,29). The first kappa shape index (κ1) is 24.3. The van der Waals surface area contributed by atoms with E-state index >= 15 is 0 Å². The van der Waals surface area contributed by atoms with Crippen LogP contribution in [0.3, 0.4) is 0 Å². The lowest BCUT2D eigenvalue weighted by molar-refractivity contribution is -0.144. The molecule has 4 atom stereocenters. The van der Waals surface area contributed by atoms with Crippen molar-refractivity contribution in [3.8, 4) is 0 Å². The molecule has 29 heavy (non-hydrogen) atoms. The molecule has 0 aromatic rings. The van der Waals surface area contributed by atoms with E-state index in [1.807, 2.05) is 0 Å². The van der Waals surface area contributed by atoms with E-state index in [0.717, 1.165) is 6.42 Å². The molecule has 0 radical (unpaired) electrons. The number of carboxylic acid groups (broad SMARTS) is 2. The fourth-order valence-corrected chi connectivity index (χ4v) is 2.80. The first-order valence-electron chi connectivity index (χ1n) is 9.26. The first-order chi connectivity index (χ1) is 13.6. The van der Waals surface area contributed by atoms with Crippen LogP contribution in [0.5, 0.6) is 0 Å². The molecule has 0 saturated carbocycles. The molecule has 12 heteroatoms. The maximum Gasteiger partial charge on any atom is 0.328 e. The summed E-state index contributed by atoms with van der Waals surface area (Å²) >= 11 is 0. The summed E-state index contributed by atoms with van der Waals surface area (Å²) < 4.78 is 0. The predicted octanol–water partition coefficient (Wildman–Crippen LogP) is -2.60. The van der Waals surface area contributed by atoms with Gasteiger partial charge in [0, 0.05) is 0 Å². The Bertz CT molecular complexity index is 633. The lowest BCUT2D eigenvalue weighted by Gasteiger charge is -2.26. The number of aliphatic hydroxyl groups is 1. The van der Waals surface area contributed by atoms with Crippen molar-refractivity contribution in [1.82, 2.24) is 21.3 Å². The summed E-state index contributed by atoms with van der Waals surface area (Å²) in [6.07, 6.45) is 0.645. The van der Waals surface area contributed by atoms with Crippen molar-refractivity contribution in [2.45, 2.75) is 57.3 Å². The lowest BCUT2D eigenvalue weighted by Crippen LogP contribution is -2.59. The Morgan fingerprint density at radius 1 is 1.00 bits per heavy atom. The topological polar surface area (TPSA) is 194 Å². The summed E-state index contributed by atoms with van der Waals surface area (Å²) in [4.78, 5) is 59.3. The first-order valence-corrected chi connectivity index (χ1v) is 9.26. The highest BCUT2D eigenvalue weighted by atomic mass is 16.4. The number of rotatable bonds is 11. The Morgan fingerprint density at radius 3 is 2.10 bits per heavy atom. The normalized spacial score (nSPS) is 19.1. The van der Waals surface area contributed by atoms with Crippen molar-refractivity contribution in [2.24, 2.45) is 5.92 Å². The smallest absolute Gasteiger partial charge is 0.328 e. The highest BCUT2D eigenvalue weighted by Crippen LogP contribution is 2.07. The van der Waals surface area contributed by atoms with E-state index in [9.17, 15) is 24.0 Å². The van der Waals surface area contributed by atoms with Gasteiger partial charge in [0.05, 0.1) is 19.1 Å². The molecule has 1 fully saturated rings. The molecule has 3 amide bonds. The molecule has 1 saturated heterocycles. The molecule has 1 aliphatic rings. The Hall–Kier alpha value is -2.73. The summed E-state index contributed by atoms with van der Waals surface area (Å²) in [5, 5.41) is 36.8. The zero-order valence-corrected chi connectivity index (χ0v) is 16.3. The minimum atomic E-state index is -1.55. The zero-order valence-electron chi connectivity index (χ0n) is 16.3. The van der Waals surface area contributed by atoms with Crippen molar-refractivity contribution in [3.05, 3.63) is 0 Å². The van der Waals surface area contributed by atoms with Crippen LogP contribution in [0.4, 0.5) is 0 Å². The summed E-state index contributed by atoms with van der Waals surface area (Å²) in [6.45, 7) is 2.98. The minimum absolute atomic E-state index is 0.482. The van der Waals surface area contributed by atoms with Crippen LogP contribution in [-0.2, 0) is 24.0 Å². The number of carbonyl (C=O) groups excluding carboxylic acids is 3. The van der Waals surface area contributed by atoms with Crippen LogP contribution in [0.15, 0.2) is 0 Å². The van der Waals surface area contributed by atoms with Gasteiger partial charge in [-0.25, -0.2) is 4.79 Å². The van der Waals surface area contributed by atoms with Gasteiger partial charge in [-0.3, -0.25) is 19.2 Å². The zero-order chi connectivity index (χ0) is 22.1. The SMILES string of the molecule is CC(C)C(NC(=O)C(CC(=O)O)NC(=O)C1CCCN1)C(=O)NC(CO)C(=O)O. The third-order valence-electron chi connectivity index (χ3n) is 4.43. The van der Waals surface area contributed by atoms with E-state index in [1.165, 1.54) is 0 Å². The number of carboxylic acids is 2. The second kappa shape index (κ2) is 11.3. The number of hydrogen-bond donors (Lipinski definition) is 7. The van der Waals surface area contributed by atoms with Gasteiger partial charge in [-0.1, -0.05) is 13.8 Å². The van der Waals surface area contributed by atoms with Crippen LogP contribution in [0.1, 0.15) is 33.1 Å². The maximum absolute atomic E-state index is 12.6. The molecule has 12 nitrogen and oxygen atoms in total. The number of hydrogen-bond acceptors (Lipinski definition) is 7. The second-order valence-electron chi connectivity index (χ2n) is 7.12. The van der Waals surface area contributed by atoms with Crippen molar-refractivity contribution in [1.29, 1.82) is 0 Å². The molecule has 1 heterocycles. The van der Waals surface area contributed by atoms with Crippen LogP contribution < -0.4 is 21.3 Å². The molecule has 0 aromatic carbocycles. The fourth-order valence-electron chi connectivity index (χ4n) is 2.80. The van der Waals surface area contributed by atoms with E-state index in [2.05, 4.69) is 21.3 Å². The van der Waals surface area contributed by atoms with Gasteiger partial charge >= 0.3 is 11.9 Å². The number of carbonyl (C=O) groups is 5. The van der Waals surface area contributed by atoms with E-state index in [0.29, 0.717) is 13.0 Å². The van der Waals surface area contributed by atoms with E-state index in [-0.39, 0.29) is 0 Å². The van der Waals surface area contributed by atoms with E-state index in [1.54, 1.807) is 13.8 Å². The molecule has 0 spiro atoms. The van der Waals surface area contributed by atoms with Gasteiger partial charge in [-0.2, -0.15) is 0 Å². The molecule has 0 aliphatic carbocycles. The monoisotopic (exact) mass is 416 g/mol. The maximum atomic E-state index is 12.6. The third-order valence-corrected chi connectivity index (χ3v) is 4.43. The fraction of sp³-hybridized carbons (Fsp3) is 0.706. The molecule has 1 rings (SSSR count). The molecule has 0 aromatic heterocycles. The summed E-state index contributed by atoms with van der Waals surface area (Å²) in [5.74, 6) is -5.50. The molecular formula is C17H28N4O8. The van der Waals surface area contributed by atoms with Crippen LogP contribution in [0.25, 0.3) is 0 Å². The van der Waals surface area contributed by atoms with E-state index in [4.69, 9.17) is 15.3 Å². The Morgan fingerprint density at radius 2 is 1.66 bits per heavy atom. The van der Waals surface area contributed by atoms with Crippen molar-refractivity contribution < 1.29 is 39.3 Å². The largest absolute Gasteiger partial charge is 0.481 e. The second-order valence-corrected chi connectivity index (χ2v) is 7.12. The summed E-state index contributed by atoms with van der Waals surface area (Å²) in [5.41, 5.74) is 0. The van der Waals surface area contributed by atoms with Crippen LogP contribution in [0.2, 0.25) is 0 Å². The van der Waals surface area contributed by atoms with Gasteiger partial charge in [-0.15, -0.1) is 0 Å². The minimum Gasteiger partial charge on any atom is -0.481 e. The van der Waals surface area contributed by atoms with Gasteiger partial charge < -0.3 is 36.6 Å². The Labute approximate surface area is 167 Å². The molecule has 7 N–H and O–H groups in total. The number of nitrogens with one attached hydrogen (secondary N) is 4. The van der Waals surface area contributed by atoms with Crippen LogP contribution in [-0.4, -0.2) is 82.3 Å². The van der Waals surface area contributed by atoms with Crippen LogP contribution >= 0.6 is 0 Å². The van der Waals surface area contributed by atoms with Gasteiger partial charge in [0.25, 0.3) is 0 Å². The average Bonchev–Trinajstić information content (AvgIpc) is 3.17.